The summed E-state index contributed by atoms with van der Waals surface area (Å²) in [5.41, 5.74) is 4.43. The van der Waals surface area contributed by atoms with Gasteiger partial charge in [-0.25, -0.2) is 4.79 Å². The highest BCUT2D eigenvalue weighted by Gasteiger charge is 2.35. The second kappa shape index (κ2) is 6.14. The van der Waals surface area contributed by atoms with Gasteiger partial charge in [0.1, 0.15) is 12.3 Å². The molecule has 2 rings (SSSR count). The molecule has 20 heavy (non-hydrogen) atoms. The molecule has 1 aliphatic heterocycles. The van der Waals surface area contributed by atoms with Crippen molar-refractivity contribution in [2.75, 3.05) is 13.2 Å². The average Bonchev–Trinajstić information content (AvgIpc) is 2.79. The van der Waals surface area contributed by atoms with Crippen LogP contribution in [-0.4, -0.2) is 45.1 Å². The molecular formula is C12H17N3O5. The van der Waals surface area contributed by atoms with Crippen LogP contribution in [0.5, 0.6) is 0 Å². The van der Waals surface area contributed by atoms with Crippen LogP contribution in [0.1, 0.15) is 18.2 Å². The van der Waals surface area contributed by atoms with Crippen LogP contribution in [-0.2, 0) is 4.74 Å². The molecule has 0 unspecified atom stereocenters. The molecule has 8 nitrogen and oxygen atoms in total. The summed E-state index contributed by atoms with van der Waals surface area (Å²) in [5.74, 6) is 0. The Labute approximate surface area is 114 Å². The summed E-state index contributed by atoms with van der Waals surface area (Å²) in [6.07, 6.45) is 2.29. The summed E-state index contributed by atoms with van der Waals surface area (Å²) >= 11 is 0. The van der Waals surface area contributed by atoms with Crippen LogP contribution in [0.25, 0.3) is 6.08 Å². The third-order valence-corrected chi connectivity index (χ3v) is 3.12. The number of ether oxygens (including phenoxy) is 1. The van der Waals surface area contributed by atoms with E-state index in [1.54, 1.807) is 6.08 Å². The molecule has 1 fully saturated rings. The van der Waals surface area contributed by atoms with Crippen molar-refractivity contribution >= 4 is 6.08 Å². The van der Waals surface area contributed by atoms with E-state index in [1.807, 2.05) is 0 Å². The number of aliphatic hydroxyl groups excluding tert-OH is 2. The Morgan fingerprint density at radius 1 is 1.55 bits per heavy atom. The molecule has 3 atom stereocenters. The highest BCUT2D eigenvalue weighted by Crippen LogP contribution is 2.27. The quantitative estimate of drug-likeness (QED) is 0.513. The lowest BCUT2D eigenvalue weighted by Gasteiger charge is -2.14. The molecule has 0 aromatic carbocycles. The standard InChI is InChI=1S/C12H17N3O5/c13-3-1-2-7-5-15(12(19)14-11(7)18)10-4-8(17)9(6-16)20-10/h1-2,5,8-10,16-17H,3-4,6,13H2,(H,14,18,19)/b2-1+/t8-,9-,10-/m1/s1. The number of nitrogens with one attached hydrogen (secondary N) is 1. The lowest BCUT2D eigenvalue weighted by molar-refractivity contribution is -0.0459. The van der Waals surface area contributed by atoms with E-state index in [9.17, 15) is 14.7 Å². The van der Waals surface area contributed by atoms with Crippen molar-refractivity contribution in [2.45, 2.75) is 24.9 Å². The zero-order valence-corrected chi connectivity index (χ0v) is 10.7. The van der Waals surface area contributed by atoms with Crippen molar-refractivity contribution in [3.05, 3.63) is 38.7 Å². The van der Waals surface area contributed by atoms with E-state index in [0.29, 0.717) is 0 Å². The van der Waals surface area contributed by atoms with Gasteiger partial charge >= 0.3 is 5.69 Å². The van der Waals surface area contributed by atoms with Crippen molar-refractivity contribution in [3.63, 3.8) is 0 Å². The Kier molecular flexibility index (Phi) is 4.50. The molecule has 0 radical (unpaired) electrons. The van der Waals surface area contributed by atoms with Crippen molar-refractivity contribution in [3.8, 4) is 0 Å². The third-order valence-electron chi connectivity index (χ3n) is 3.12. The smallest absolute Gasteiger partial charge is 0.330 e. The first-order valence-corrected chi connectivity index (χ1v) is 6.23. The largest absolute Gasteiger partial charge is 0.394 e. The van der Waals surface area contributed by atoms with Gasteiger partial charge in [0.25, 0.3) is 5.56 Å². The summed E-state index contributed by atoms with van der Waals surface area (Å²) in [4.78, 5) is 25.6. The van der Waals surface area contributed by atoms with Crippen molar-refractivity contribution in [1.29, 1.82) is 0 Å². The number of aromatic nitrogens is 2. The summed E-state index contributed by atoms with van der Waals surface area (Å²) in [6.45, 7) is -0.0699. The van der Waals surface area contributed by atoms with Gasteiger partial charge in [-0.15, -0.1) is 0 Å². The van der Waals surface area contributed by atoms with Gasteiger partial charge in [0.15, 0.2) is 0 Å². The first-order chi connectivity index (χ1) is 9.56. The van der Waals surface area contributed by atoms with Gasteiger partial charge in [-0.1, -0.05) is 12.2 Å². The Hall–Kier alpha value is -1.74. The van der Waals surface area contributed by atoms with E-state index < -0.39 is 29.7 Å². The Bertz CT molecular complexity index is 606. The summed E-state index contributed by atoms with van der Waals surface area (Å²) in [6, 6.07) is 0. The van der Waals surface area contributed by atoms with E-state index in [2.05, 4.69) is 4.98 Å². The number of hydrogen-bond acceptors (Lipinski definition) is 6. The third kappa shape index (κ3) is 2.88. The Morgan fingerprint density at radius 2 is 2.30 bits per heavy atom. The number of hydrogen-bond donors (Lipinski definition) is 4. The van der Waals surface area contributed by atoms with Crippen LogP contribution in [0.4, 0.5) is 0 Å². The first kappa shape index (κ1) is 14.7. The fraction of sp³-hybridized carbons (Fsp3) is 0.500. The monoisotopic (exact) mass is 283 g/mol. The van der Waals surface area contributed by atoms with Gasteiger partial charge < -0.3 is 20.7 Å². The molecule has 1 saturated heterocycles. The van der Waals surface area contributed by atoms with Crippen LogP contribution in [0, 0.1) is 0 Å². The summed E-state index contributed by atoms with van der Waals surface area (Å²) in [7, 11) is 0. The van der Waals surface area contributed by atoms with Crippen molar-refractivity contribution in [1.82, 2.24) is 9.55 Å². The molecule has 8 heteroatoms. The van der Waals surface area contributed by atoms with E-state index in [4.69, 9.17) is 15.6 Å². The number of aromatic amines is 1. The lowest BCUT2D eigenvalue weighted by atomic mass is 10.2. The van der Waals surface area contributed by atoms with Crippen molar-refractivity contribution in [2.24, 2.45) is 5.73 Å². The maximum absolute atomic E-state index is 11.8. The molecule has 1 aromatic rings. The molecule has 0 bridgehead atoms. The van der Waals surface area contributed by atoms with Gasteiger partial charge in [-0.3, -0.25) is 14.3 Å². The molecule has 110 valence electrons. The van der Waals surface area contributed by atoms with Gasteiger partial charge in [-0.2, -0.15) is 0 Å². The fourth-order valence-corrected chi connectivity index (χ4v) is 2.08. The molecule has 0 spiro atoms. The zero-order chi connectivity index (χ0) is 14.7. The minimum Gasteiger partial charge on any atom is -0.394 e. The van der Waals surface area contributed by atoms with E-state index in [1.165, 1.54) is 16.8 Å². The zero-order valence-electron chi connectivity index (χ0n) is 10.7. The maximum atomic E-state index is 11.8. The fourth-order valence-electron chi connectivity index (χ4n) is 2.08. The highest BCUT2D eigenvalue weighted by molar-refractivity contribution is 5.46. The normalized spacial score (nSPS) is 26.4. The predicted octanol–water partition coefficient (Wildman–Crippen LogP) is -1.85. The molecule has 0 saturated carbocycles. The molecule has 0 aliphatic carbocycles. The van der Waals surface area contributed by atoms with Gasteiger partial charge in [0.2, 0.25) is 0 Å². The number of aliphatic hydroxyl groups is 2. The topological polar surface area (TPSA) is 131 Å². The van der Waals surface area contributed by atoms with Crippen LogP contribution >= 0.6 is 0 Å². The molecule has 0 amide bonds. The SMILES string of the molecule is NC/C=C/c1cn([C@H]2C[C@@H](O)[C@@H](CO)O2)c(=O)[nH]c1=O. The first-order valence-electron chi connectivity index (χ1n) is 6.23. The lowest BCUT2D eigenvalue weighted by Crippen LogP contribution is -2.33. The minimum absolute atomic E-state index is 0.164. The van der Waals surface area contributed by atoms with Crippen molar-refractivity contribution < 1.29 is 14.9 Å². The number of H-pyrrole nitrogens is 1. The van der Waals surface area contributed by atoms with E-state index in [-0.39, 0.29) is 25.1 Å². The van der Waals surface area contributed by atoms with Gasteiger partial charge in [0, 0.05) is 19.2 Å². The highest BCUT2D eigenvalue weighted by atomic mass is 16.5. The van der Waals surface area contributed by atoms with Crippen LogP contribution in [0.3, 0.4) is 0 Å². The van der Waals surface area contributed by atoms with Gasteiger partial charge in [-0.05, 0) is 0 Å². The van der Waals surface area contributed by atoms with Crippen LogP contribution in [0.2, 0.25) is 0 Å². The van der Waals surface area contributed by atoms with Crippen LogP contribution in [0.15, 0.2) is 21.9 Å². The number of nitrogens with two attached hydrogens (primary N) is 1. The Morgan fingerprint density at radius 3 is 2.90 bits per heavy atom. The molecular weight excluding hydrogens is 266 g/mol. The van der Waals surface area contributed by atoms with Gasteiger partial charge in [0.05, 0.1) is 18.3 Å². The van der Waals surface area contributed by atoms with E-state index >= 15 is 0 Å². The second-order valence-corrected chi connectivity index (χ2v) is 4.50. The number of rotatable bonds is 4. The second-order valence-electron chi connectivity index (χ2n) is 4.50. The summed E-state index contributed by atoms with van der Waals surface area (Å²) < 4.78 is 6.57. The van der Waals surface area contributed by atoms with E-state index in [0.717, 1.165) is 0 Å². The maximum Gasteiger partial charge on any atom is 0.330 e. The Balaban J connectivity index is 2.35. The van der Waals surface area contributed by atoms with Crippen LogP contribution < -0.4 is 17.0 Å². The minimum atomic E-state index is -0.855. The number of nitrogens with zero attached hydrogens (tertiary/aromatic N) is 1. The average molecular weight is 283 g/mol. The summed E-state index contributed by atoms with van der Waals surface area (Å²) in [5, 5.41) is 18.7. The molecule has 1 aromatic heterocycles. The molecule has 5 N–H and O–H groups in total. The molecule has 2 heterocycles. The predicted molar refractivity (Wildman–Crippen MR) is 71.0 cm³/mol. The molecule has 1 aliphatic rings.